The Kier molecular flexibility index (Phi) is 9.82. The molecule has 4 amide bonds. The molecule has 3 heterocycles. The Balaban J connectivity index is 1.17. The molecule has 0 spiro atoms. The van der Waals surface area contributed by atoms with Crippen LogP contribution in [0.2, 0.25) is 10.0 Å². The van der Waals surface area contributed by atoms with Crippen molar-refractivity contribution < 1.29 is 42.2 Å². The maximum atomic E-state index is 15.5. The van der Waals surface area contributed by atoms with Crippen LogP contribution in [-0.4, -0.2) is 45.8 Å². The van der Waals surface area contributed by atoms with E-state index in [-0.39, 0.29) is 29.9 Å². The van der Waals surface area contributed by atoms with Gasteiger partial charge in [0.25, 0.3) is 11.8 Å². The van der Waals surface area contributed by atoms with Crippen molar-refractivity contribution in [3.63, 3.8) is 0 Å². The number of anilines is 4. The van der Waals surface area contributed by atoms with E-state index in [9.17, 15) is 32.7 Å². The van der Waals surface area contributed by atoms with Gasteiger partial charge in [-0.15, -0.1) is 0 Å². The molecule has 61 heavy (non-hydrogen) atoms. The van der Waals surface area contributed by atoms with Gasteiger partial charge in [0.05, 0.1) is 46.6 Å². The molecule has 3 fully saturated rings. The molecule has 6 atom stereocenters. The van der Waals surface area contributed by atoms with Crippen molar-refractivity contribution in [2.24, 2.45) is 23.7 Å². The number of carbonyl (C=O) groups excluding carboxylic acids is 4. The highest BCUT2D eigenvalue weighted by Gasteiger charge is 2.71. The van der Waals surface area contributed by atoms with E-state index in [1.165, 1.54) is 18.1 Å². The predicted molar refractivity (Wildman–Crippen MR) is 220 cm³/mol. The summed E-state index contributed by atoms with van der Waals surface area (Å²) in [4.78, 5) is 64.5. The van der Waals surface area contributed by atoms with Crippen LogP contribution >= 0.6 is 23.2 Å². The molecular formula is C45H34Cl2F3N5O6. The smallest absolute Gasteiger partial charge is 0.417 e. The van der Waals surface area contributed by atoms with E-state index in [1.54, 1.807) is 60.7 Å². The van der Waals surface area contributed by atoms with E-state index in [0.717, 1.165) is 11.4 Å². The van der Waals surface area contributed by atoms with Gasteiger partial charge in [0.1, 0.15) is 11.5 Å². The number of methoxy groups -OCH3 is 1. The fourth-order valence-electron chi connectivity index (χ4n) is 9.73. The Bertz CT molecular complexity index is 2650. The average molecular weight is 869 g/mol. The molecule has 2 aliphatic heterocycles. The summed E-state index contributed by atoms with van der Waals surface area (Å²) in [5.41, 5.74) is 2.55. The molecule has 0 unspecified atom stereocenters. The molecule has 11 nitrogen and oxygen atoms in total. The molecule has 2 saturated heterocycles. The van der Waals surface area contributed by atoms with E-state index in [0.29, 0.717) is 39.1 Å². The number of halogens is 5. The van der Waals surface area contributed by atoms with Crippen molar-refractivity contribution in [2.45, 2.75) is 30.4 Å². The lowest BCUT2D eigenvalue weighted by Crippen LogP contribution is -2.53. The molecule has 4 aliphatic rings. The van der Waals surface area contributed by atoms with Crippen LogP contribution in [0.1, 0.15) is 35.4 Å². The highest BCUT2D eigenvalue weighted by molar-refractivity contribution is 6.33. The number of nitrogens with one attached hydrogen (secondary N) is 2. The number of aromatic hydroxyl groups is 1. The maximum Gasteiger partial charge on any atom is 0.417 e. The van der Waals surface area contributed by atoms with Crippen LogP contribution in [0.5, 0.6) is 11.5 Å². The number of pyridine rings is 1. The van der Waals surface area contributed by atoms with E-state index in [4.69, 9.17) is 27.9 Å². The largest absolute Gasteiger partial charge is 0.508 e. The zero-order valence-electron chi connectivity index (χ0n) is 32.0. The Morgan fingerprint density at radius 3 is 2.23 bits per heavy atom. The third kappa shape index (κ3) is 6.38. The number of phenols is 1. The number of fused-ring (bicyclic) bond motifs is 4. The standard InChI is InChI=1S/C45H34Cl2F3N5O6/c1-61-35-9-5-8-34(56)37(35)38-29-18-19-30-36(42(59)54(40(30)57)28-16-14-27(15-17-28)52-26-6-3-2-4-7-26)31(29)21-32-41(58)55(43(60)44(32,38)23-10-12-25(46)13-11-23)53-39-33(47)20-24(22-51-39)45(48,49)50/h2-18,20,22,30-32,36,38,52,56H,19,21H2,1H3,(H,51,53)/t30-,31+,32-,36-,38+,44+/m0/s1. The second kappa shape index (κ2) is 15.0. The fourth-order valence-corrected chi connectivity index (χ4v) is 10.1. The summed E-state index contributed by atoms with van der Waals surface area (Å²) in [7, 11) is 1.39. The quantitative estimate of drug-likeness (QED) is 0.103. The number of allylic oxidation sites excluding steroid dienone is 2. The number of carbonyl (C=O) groups is 4. The number of rotatable bonds is 8. The first kappa shape index (κ1) is 40.0. The number of aromatic nitrogens is 1. The van der Waals surface area contributed by atoms with Crippen molar-refractivity contribution in [1.29, 1.82) is 0 Å². The van der Waals surface area contributed by atoms with Crippen molar-refractivity contribution in [3.8, 4) is 11.5 Å². The van der Waals surface area contributed by atoms with Gasteiger partial charge >= 0.3 is 6.18 Å². The number of para-hydroxylation sites is 1. The maximum absolute atomic E-state index is 15.5. The van der Waals surface area contributed by atoms with Crippen LogP contribution in [0.25, 0.3) is 0 Å². The predicted octanol–water partition coefficient (Wildman–Crippen LogP) is 9.05. The van der Waals surface area contributed by atoms with Crippen LogP contribution in [0.4, 0.5) is 36.1 Å². The number of hydrogen-bond acceptors (Lipinski definition) is 9. The third-order valence-electron chi connectivity index (χ3n) is 12.3. The first-order valence-corrected chi connectivity index (χ1v) is 20.0. The molecule has 1 saturated carbocycles. The van der Waals surface area contributed by atoms with E-state index in [2.05, 4.69) is 15.7 Å². The SMILES string of the molecule is COc1cccc(O)c1[C@H]1C2=CC[C@@H]3C(=O)N(c4ccc(Nc5ccccc5)cc4)C(=O)[C@@H]3[C@@H]2C[C@H]2C(=O)N(Nc3ncc(C(F)(F)F)cc3Cl)C(=O)[C@@]12c1ccc(Cl)cc1. The van der Waals surface area contributed by atoms with E-state index < -0.39 is 81.2 Å². The van der Waals surface area contributed by atoms with Crippen LogP contribution in [0, 0.1) is 23.7 Å². The van der Waals surface area contributed by atoms with Gasteiger partial charge < -0.3 is 15.2 Å². The van der Waals surface area contributed by atoms with Crippen LogP contribution in [0.15, 0.2) is 121 Å². The Morgan fingerprint density at radius 2 is 1.56 bits per heavy atom. The van der Waals surface area contributed by atoms with E-state index in [1.807, 2.05) is 36.4 Å². The number of hydrazine groups is 1. The summed E-state index contributed by atoms with van der Waals surface area (Å²) in [6, 6.07) is 27.9. The average Bonchev–Trinajstić information content (AvgIpc) is 3.62. The molecule has 310 valence electrons. The lowest BCUT2D eigenvalue weighted by molar-refractivity contribution is -0.139. The Hall–Kier alpha value is -6.38. The number of alkyl halides is 3. The number of amides is 4. The van der Waals surface area contributed by atoms with E-state index >= 15 is 4.79 Å². The Morgan fingerprint density at radius 1 is 0.852 bits per heavy atom. The zero-order valence-corrected chi connectivity index (χ0v) is 33.5. The van der Waals surface area contributed by atoms with Gasteiger partial charge in [-0.05, 0) is 91.1 Å². The van der Waals surface area contributed by atoms with Gasteiger partial charge in [0.2, 0.25) is 11.8 Å². The normalized spacial score (nSPS) is 24.6. The molecule has 16 heteroatoms. The molecule has 1 aromatic heterocycles. The number of nitrogens with zero attached hydrogens (tertiary/aromatic N) is 3. The van der Waals surface area contributed by atoms with Crippen molar-refractivity contribution >= 4 is 69.7 Å². The Labute approximate surface area is 356 Å². The van der Waals surface area contributed by atoms with Crippen molar-refractivity contribution in [1.82, 2.24) is 9.99 Å². The van der Waals surface area contributed by atoms with Gasteiger partial charge in [-0.1, -0.05) is 71.2 Å². The number of ether oxygens (including phenoxy) is 1. The van der Waals surface area contributed by atoms with Gasteiger partial charge in [0.15, 0.2) is 5.82 Å². The van der Waals surface area contributed by atoms with Crippen molar-refractivity contribution in [2.75, 3.05) is 22.8 Å². The molecule has 3 N–H and O–H groups in total. The summed E-state index contributed by atoms with van der Waals surface area (Å²) in [5, 5.41) is 15.5. The molecule has 4 aromatic carbocycles. The fraction of sp³-hybridized carbons (Fsp3) is 0.222. The van der Waals surface area contributed by atoms with Gasteiger partial charge in [-0.25, -0.2) is 4.98 Å². The number of imide groups is 2. The molecule has 5 aromatic rings. The minimum Gasteiger partial charge on any atom is -0.508 e. The van der Waals surface area contributed by atoms with Gasteiger partial charge in [-0.2, -0.15) is 18.2 Å². The number of hydrogen-bond donors (Lipinski definition) is 3. The first-order chi connectivity index (χ1) is 29.2. The monoisotopic (exact) mass is 867 g/mol. The van der Waals surface area contributed by atoms with Crippen LogP contribution in [0.3, 0.4) is 0 Å². The lowest BCUT2D eigenvalue weighted by Gasteiger charge is -2.50. The topological polar surface area (TPSA) is 141 Å². The van der Waals surface area contributed by atoms with Crippen LogP contribution < -0.4 is 20.4 Å². The van der Waals surface area contributed by atoms with Gasteiger partial charge in [-0.3, -0.25) is 29.5 Å². The highest BCUT2D eigenvalue weighted by atomic mass is 35.5. The summed E-state index contributed by atoms with van der Waals surface area (Å²) in [6.45, 7) is 0. The number of benzene rings is 4. The molecule has 2 aliphatic carbocycles. The first-order valence-electron chi connectivity index (χ1n) is 19.2. The van der Waals surface area contributed by atoms with Crippen molar-refractivity contribution in [3.05, 3.63) is 148 Å². The third-order valence-corrected chi connectivity index (χ3v) is 12.8. The van der Waals surface area contributed by atoms with Gasteiger partial charge in [0, 0.05) is 34.1 Å². The number of phenolic OH excluding ortho intramolecular Hbond substituents is 1. The summed E-state index contributed by atoms with van der Waals surface area (Å²) >= 11 is 12.7. The lowest BCUT2D eigenvalue weighted by atomic mass is 9.49. The second-order valence-corrected chi connectivity index (χ2v) is 16.2. The minimum atomic E-state index is -4.77. The zero-order chi connectivity index (χ0) is 43.0. The summed E-state index contributed by atoms with van der Waals surface area (Å²) < 4.78 is 46.5. The molecule has 9 rings (SSSR count). The summed E-state index contributed by atoms with van der Waals surface area (Å²) in [5.74, 6) is -8.06. The van der Waals surface area contributed by atoms with Crippen LogP contribution in [-0.2, 0) is 30.8 Å². The molecule has 0 bridgehead atoms. The molecule has 0 radical (unpaired) electrons. The minimum absolute atomic E-state index is 0.105. The summed E-state index contributed by atoms with van der Waals surface area (Å²) in [6.07, 6.45) is -2.43. The highest BCUT2D eigenvalue weighted by Crippen LogP contribution is 2.66. The molecular weight excluding hydrogens is 834 g/mol. The second-order valence-electron chi connectivity index (χ2n) is 15.4.